The number of benzene rings is 1. The van der Waals surface area contributed by atoms with E-state index in [0.29, 0.717) is 17.1 Å². The summed E-state index contributed by atoms with van der Waals surface area (Å²) >= 11 is 1.30. The lowest BCUT2D eigenvalue weighted by molar-refractivity contribution is -0.144. The van der Waals surface area contributed by atoms with Crippen molar-refractivity contribution in [3.05, 3.63) is 47.2 Å². The van der Waals surface area contributed by atoms with Gasteiger partial charge in [-0.05, 0) is 50.8 Å². The first-order valence-electron chi connectivity index (χ1n) is 11.8. The van der Waals surface area contributed by atoms with Crippen LogP contribution in [-0.4, -0.2) is 39.2 Å². The molecule has 1 unspecified atom stereocenters. The second-order valence-corrected chi connectivity index (χ2v) is 10.2. The van der Waals surface area contributed by atoms with Crippen LogP contribution in [0.25, 0.3) is 0 Å². The third-order valence-electron chi connectivity index (χ3n) is 6.31. The monoisotopic (exact) mass is 488 g/mol. The number of halogens is 1. The maximum Gasteiger partial charge on any atom is 0.247 e. The summed E-state index contributed by atoms with van der Waals surface area (Å²) in [5, 5.41) is 7.99. The summed E-state index contributed by atoms with van der Waals surface area (Å²) in [6.07, 6.45) is 5.78. The van der Waals surface area contributed by atoms with Crippen LogP contribution in [0.1, 0.15) is 77.3 Å². The van der Waals surface area contributed by atoms with Gasteiger partial charge >= 0.3 is 0 Å². The number of nitrogens with one attached hydrogen (secondary N) is 2. The summed E-state index contributed by atoms with van der Waals surface area (Å²) in [5.74, 6) is -1.27. The first-order valence-corrected chi connectivity index (χ1v) is 12.7. The van der Waals surface area contributed by atoms with Crippen LogP contribution < -0.4 is 10.6 Å². The highest BCUT2D eigenvalue weighted by molar-refractivity contribution is 7.13. The Morgan fingerprint density at radius 1 is 1.18 bits per heavy atom. The van der Waals surface area contributed by atoms with Gasteiger partial charge in [-0.1, -0.05) is 31.9 Å². The van der Waals surface area contributed by atoms with Crippen molar-refractivity contribution >= 4 is 34.2 Å². The molecule has 184 valence electrons. The quantitative estimate of drug-likeness (QED) is 0.502. The van der Waals surface area contributed by atoms with E-state index < -0.39 is 17.4 Å². The number of amides is 3. The number of thiazole rings is 1. The van der Waals surface area contributed by atoms with Gasteiger partial charge in [-0.25, -0.2) is 9.37 Å². The van der Waals surface area contributed by atoms with E-state index in [1.54, 1.807) is 28.6 Å². The number of nitrogens with zero attached hydrogens (tertiary/aromatic N) is 2. The van der Waals surface area contributed by atoms with Crippen molar-refractivity contribution in [2.75, 3.05) is 5.32 Å². The second kappa shape index (κ2) is 11.6. The summed E-state index contributed by atoms with van der Waals surface area (Å²) in [7, 11) is 0. The molecule has 1 saturated carbocycles. The average molecular weight is 489 g/mol. The molecule has 1 aliphatic carbocycles. The van der Waals surface area contributed by atoms with E-state index in [0.717, 1.165) is 25.7 Å². The molecule has 2 aromatic rings. The second-order valence-electron chi connectivity index (χ2n) is 9.31. The molecule has 0 bridgehead atoms. The van der Waals surface area contributed by atoms with E-state index in [-0.39, 0.29) is 36.6 Å². The Balaban J connectivity index is 1.86. The van der Waals surface area contributed by atoms with Crippen LogP contribution in [0.15, 0.2) is 35.8 Å². The smallest absolute Gasteiger partial charge is 0.247 e. The van der Waals surface area contributed by atoms with Crippen LogP contribution in [0.5, 0.6) is 0 Å². The molecular weight excluding hydrogens is 455 g/mol. The minimum absolute atomic E-state index is 0.0140. The van der Waals surface area contributed by atoms with Gasteiger partial charge in [0, 0.05) is 36.0 Å². The number of anilines is 1. The molecule has 3 rings (SSSR count). The van der Waals surface area contributed by atoms with Crippen molar-refractivity contribution in [2.24, 2.45) is 0 Å². The molecule has 7 nitrogen and oxygen atoms in total. The van der Waals surface area contributed by atoms with Gasteiger partial charge in [-0.2, -0.15) is 0 Å². The third-order valence-corrected chi connectivity index (χ3v) is 7.00. The molecule has 9 heteroatoms. The number of carbonyl (C=O) groups excluding carboxylic acids is 3. The Hall–Kier alpha value is -2.81. The van der Waals surface area contributed by atoms with Crippen molar-refractivity contribution in [3.63, 3.8) is 0 Å². The van der Waals surface area contributed by atoms with Crippen LogP contribution in [0.3, 0.4) is 0 Å². The fourth-order valence-corrected chi connectivity index (χ4v) is 4.68. The number of aromatic nitrogens is 1. The minimum atomic E-state index is -0.899. The zero-order valence-corrected chi connectivity index (χ0v) is 20.8. The van der Waals surface area contributed by atoms with Gasteiger partial charge in [0.25, 0.3) is 0 Å². The summed E-state index contributed by atoms with van der Waals surface area (Å²) in [4.78, 5) is 45.1. The fourth-order valence-electron chi connectivity index (χ4n) is 4.13. The molecule has 1 aromatic heterocycles. The molecule has 0 aliphatic heterocycles. The van der Waals surface area contributed by atoms with Gasteiger partial charge in [0.1, 0.15) is 11.9 Å². The molecule has 1 aliphatic rings. The molecule has 0 spiro atoms. The van der Waals surface area contributed by atoms with Crippen LogP contribution >= 0.6 is 11.3 Å². The highest BCUT2D eigenvalue weighted by atomic mass is 32.1. The van der Waals surface area contributed by atoms with Gasteiger partial charge in [-0.15, -0.1) is 11.3 Å². The summed E-state index contributed by atoms with van der Waals surface area (Å²) in [6, 6.07) is 4.72. The Bertz CT molecular complexity index is 973. The van der Waals surface area contributed by atoms with E-state index in [4.69, 9.17) is 0 Å². The Labute approximate surface area is 204 Å². The van der Waals surface area contributed by atoms with Gasteiger partial charge in [0.05, 0.1) is 0 Å². The number of hydrogen-bond acceptors (Lipinski definition) is 5. The number of rotatable bonds is 10. The molecule has 1 atom stereocenters. The lowest BCUT2D eigenvalue weighted by Gasteiger charge is -2.38. The molecule has 34 heavy (non-hydrogen) atoms. The predicted octanol–water partition coefficient (Wildman–Crippen LogP) is 4.82. The molecule has 1 fully saturated rings. The lowest BCUT2D eigenvalue weighted by atomic mass is 9.97. The molecule has 0 radical (unpaired) electrons. The lowest BCUT2D eigenvalue weighted by Crippen LogP contribution is -2.52. The number of hydrogen-bond donors (Lipinski definition) is 2. The maximum atomic E-state index is 13.7. The van der Waals surface area contributed by atoms with Gasteiger partial charge < -0.3 is 15.5 Å². The molecule has 0 saturated heterocycles. The van der Waals surface area contributed by atoms with Crippen LogP contribution in [0, 0.1) is 5.82 Å². The summed E-state index contributed by atoms with van der Waals surface area (Å²) in [5.41, 5.74) is 0.0890. The van der Waals surface area contributed by atoms with Crippen LogP contribution in [0.4, 0.5) is 9.52 Å². The SMILES string of the molecule is CCC(C)(C)NC(=O)C(c1ccc(F)cc1)N(C(=O)CCC(=O)Nc1nccs1)C1CCCC1. The summed E-state index contributed by atoms with van der Waals surface area (Å²) in [6.45, 7) is 5.84. The maximum absolute atomic E-state index is 13.7. The Kier molecular flexibility index (Phi) is 8.77. The first kappa shape index (κ1) is 25.8. The van der Waals surface area contributed by atoms with E-state index in [1.807, 2.05) is 20.8 Å². The standard InChI is InChI=1S/C25H33FN4O3S/c1-4-25(2,3)29-23(33)22(17-9-11-18(26)12-10-17)30(19-7-5-6-8-19)21(32)14-13-20(31)28-24-27-15-16-34-24/h9-12,15-16,19,22H,4-8,13-14H2,1-3H3,(H,29,33)(H,27,28,31). The van der Waals surface area contributed by atoms with Crippen molar-refractivity contribution in [2.45, 2.75) is 83.3 Å². The summed E-state index contributed by atoms with van der Waals surface area (Å²) < 4.78 is 13.7. The van der Waals surface area contributed by atoms with E-state index in [1.165, 1.54) is 23.5 Å². The molecule has 1 heterocycles. The third kappa shape index (κ3) is 6.85. The average Bonchev–Trinajstić information content (AvgIpc) is 3.51. The molecule has 1 aromatic carbocycles. The zero-order valence-electron chi connectivity index (χ0n) is 20.0. The minimum Gasteiger partial charge on any atom is -0.349 e. The number of carbonyl (C=O) groups is 3. The largest absolute Gasteiger partial charge is 0.349 e. The van der Waals surface area contributed by atoms with Gasteiger partial charge in [0.15, 0.2) is 5.13 Å². The predicted molar refractivity (Wildman–Crippen MR) is 131 cm³/mol. The van der Waals surface area contributed by atoms with Crippen molar-refractivity contribution in [1.29, 1.82) is 0 Å². The van der Waals surface area contributed by atoms with E-state index in [9.17, 15) is 18.8 Å². The van der Waals surface area contributed by atoms with Crippen molar-refractivity contribution < 1.29 is 18.8 Å². The Morgan fingerprint density at radius 2 is 1.85 bits per heavy atom. The Morgan fingerprint density at radius 3 is 2.44 bits per heavy atom. The van der Waals surface area contributed by atoms with Crippen molar-refractivity contribution in [1.82, 2.24) is 15.2 Å². The molecule has 2 N–H and O–H groups in total. The van der Waals surface area contributed by atoms with Gasteiger partial charge in [-0.3, -0.25) is 14.4 Å². The van der Waals surface area contributed by atoms with Crippen molar-refractivity contribution in [3.8, 4) is 0 Å². The van der Waals surface area contributed by atoms with Crippen LogP contribution in [0.2, 0.25) is 0 Å². The van der Waals surface area contributed by atoms with E-state index in [2.05, 4.69) is 15.6 Å². The van der Waals surface area contributed by atoms with Gasteiger partial charge in [0.2, 0.25) is 17.7 Å². The van der Waals surface area contributed by atoms with E-state index >= 15 is 0 Å². The molecule has 3 amide bonds. The highest BCUT2D eigenvalue weighted by Crippen LogP contribution is 2.33. The first-order chi connectivity index (χ1) is 16.2. The fraction of sp³-hybridized carbons (Fsp3) is 0.520. The topological polar surface area (TPSA) is 91.4 Å². The normalized spacial score (nSPS) is 15.1. The van der Waals surface area contributed by atoms with Crippen LogP contribution in [-0.2, 0) is 14.4 Å². The zero-order chi connectivity index (χ0) is 24.7. The molecular formula is C25H33FN4O3S. The highest BCUT2D eigenvalue weighted by Gasteiger charge is 2.38.